The molecule has 0 aliphatic carbocycles. The van der Waals surface area contributed by atoms with Crippen molar-refractivity contribution in [3.05, 3.63) is 0 Å². The van der Waals surface area contributed by atoms with Gasteiger partial charge in [0.05, 0.1) is 56.3 Å². The molecule has 80 heavy (non-hydrogen) atoms. The fraction of sp³-hybridized carbons (Fsp3) is 0.980. The fourth-order valence-electron chi connectivity index (χ4n) is 10.7. The molecule has 0 aromatic rings. The first-order valence-corrected chi connectivity index (χ1v) is 27.7. The molecule has 0 spiro atoms. The minimum Gasteiger partial charge on any atom is -0.481 e. The molecule has 30 nitrogen and oxygen atoms in total. The van der Waals surface area contributed by atoms with Gasteiger partial charge in [0.2, 0.25) is 0 Å². The standard InChI is InChI=1S/C50H88O30/c1-6-12-23(14-11-9-7-8-10-13-22(53)15-26(54)55)73-48-42(34(63)29(58)20(4)71-48)80-50-44(36(65)31(60)25(17-52)75-50)79-47-39(68)41(40(21(5)72-47)76-45-37(66)32(61)27(56)18(2)69-45)77-49-43(35(64)30(59)24(16-51)74-49)78-46-38(67)33(62)28(57)19(3)70-46/h18-25,27-53,56-68H,6-17H2,1-5H3,(H,54,55)/t18-,19-,20-,21-,22?,23?,24-,25-,27-,28-,29+,30-,31-,32-,33+,34+,35+,36+,37-,38-,39-,40-,41-,42-,43-,44-,45+,46+,47+,48+,49+,50+/m1/s1. The lowest BCUT2D eigenvalue weighted by Crippen LogP contribution is -2.69. The van der Waals surface area contributed by atoms with E-state index in [0.29, 0.717) is 38.5 Å². The minimum absolute atomic E-state index is 0.330. The van der Waals surface area contributed by atoms with Gasteiger partial charge in [-0.2, -0.15) is 0 Å². The van der Waals surface area contributed by atoms with Crippen LogP contribution in [0.25, 0.3) is 0 Å². The van der Waals surface area contributed by atoms with Crippen LogP contribution in [-0.4, -0.2) is 302 Å². The van der Waals surface area contributed by atoms with E-state index in [4.69, 9.17) is 61.9 Å². The smallest absolute Gasteiger partial charge is 0.305 e. The Morgan fingerprint density at radius 2 is 0.775 bits per heavy atom. The number of ether oxygens (including phenoxy) is 12. The molecule has 6 heterocycles. The van der Waals surface area contributed by atoms with E-state index in [1.165, 1.54) is 27.7 Å². The quantitative estimate of drug-likeness (QED) is 0.0358. The second-order valence-electron chi connectivity index (χ2n) is 21.8. The molecule has 6 aliphatic rings. The molecular weight excluding hydrogens is 1080 g/mol. The highest BCUT2D eigenvalue weighted by atomic mass is 16.8. The van der Waals surface area contributed by atoms with Gasteiger partial charge in [-0.05, 0) is 47.0 Å². The van der Waals surface area contributed by atoms with E-state index in [0.717, 1.165) is 19.3 Å². The van der Waals surface area contributed by atoms with Crippen molar-refractivity contribution in [3.8, 4) is 0 Å². The summed E-state index contributed by atoms with van der Waals surface area (Å²) >= 11 is 0. The Morgan fingerprint density at radius 1 is 0.400 bits per heavy atom. The van der Waals surface area contributed by atoms with Crippen molar-refractivity contribution < 1.29 is 148 Å². The lowest BCUT2D eigenvalue weighted by Gasteiger charge is -2.51. The average molecular weight is 1170 g/mol. The molecule has 0 aromatic heterocycles. The summed E-state index contributed by atoms with van der Waals surface area (Å²) in [5.41, 5.74) is 0. The normalized spacial score (nSPS) is 47.4. The summed E-state index contributed by atoms with van der Waals surface area (Å²) in [5.74, 6) is -1.08. The summed E-state index contributed by atoms with van der Waals surface area (Å²) in [5, 5.41) is 184. The maximum Gasteiger partial charge on any atom is 0.305 e. The van der Waals surface area contributed by atoms with Crippen molar-refractivity contribution in [2.75, 3.05) is 13.2 Å². The molecule has 0 radical (unpaired) electrons. The van der Waals surface area contributed by atoms with Gasteiger partial charge in [-0.1, -0.05) is 45.4 Å². The zero-order chi connectivity index (χ0) is 59.0. The largest absolute Gasteiger partial charge is 0.481 e. The zero-order valence-corrected chi connectivity index (χ0v) is 45.4. The molecule has 32 atom stereocenters. The molecule has 6 rings (SSSR count). The number of carboxylic acid groups (broad SMARTS) is 1. The first-order chi connectivity index (χ1) is 37.8. The summed E-state index contributed by atoms with van der Waals surface area (Å²) < 4.78 is 72.6. The van der Waals surface area contributed by atoms with Gasteiger partial charge in [0, 0.05) is 0 Å². The van der Waals surface area contributed by atoms with Gasteiger partial charge < -0.3 is 144 Å². The molecular formula is C50H88O30. The third-order valence-electron chi connectivity index (χ3n) is 15.7. The van der Waals surface area contributed by atoms with Crippen molar-refractivity contribution in [2.45, 2.75) is 295 Å². The third kappa shape index (κ3) is 16.2. The van der Waals surface area contributed by atoms with Gasteiger partial charge in [0.1, 0.15) is 122 Å². The number of aliphatic hydroxyl groups is 16. The van der Waals surface area contributed by atoms with Crippen LogP contribution in [0.2, 0.25) is 0 Å². The van der Waals surface area contributed by atoms with E-state index >= 15 is 0 Å². The van der Waals surface area contributed by atoms with Crippen LogP contribution < -0.4 is 0 Å². The Balaban J connectivity index is 1.27. The van der Waals surface area contributed by atoms with Crippen molar-refractivity contribution >= 4 is 5.97 Å². The minimum atomic E-state index is -2.21. The predicted molar refractivity (Wildman–Crippen MR) is 262 cm³/mol. The SMILES string of the molecule is CCCC(CCCCCCCC(O)CC(=O)O)O[C@@H]1O[C@H](C)[C@H](O)[C@H](O)[C@H]1O[C@@H]1O[C@H](CO)[C@@H](O)[C@H](O)[C@H]1O[C@@H]1O[C@H](C)[C@@H](O[C@@H]2O[C@H](C)[C@@H](O)[C@@H](O)[C@H]2O)[C@H](O[C@@H]2O[C@H](CO)[C@@H](O)[C@H](O)[C@H]2O[C@@H]2O[C@H](C)[C@@H](O)[C@H](O)[C@H]2O)[C@H]1O. The molecule has 0 bridgehead atoms. The maximum atomic E-state index is 12.4. The lowest BCUT2D eigenvalue weighted by atomic mass is 9.95. The van der Waals surface area contributed by atoms with E-state index in [9.17, 15) is 86.5 Å². The molecule has 0 saturated carbocycles. The molecule has 2 unspecified atom stereocenters. The van der Waals surface area contributed by atoms with Gasteiger partial charge in [-0.15, -0.1) is 0 Å². The molecule has 17 N–H and O–H groups in total. The van der Waals surface area contributed by atoms with Crippen molar-refractivity contribution in [2.24, 2.45) is 0 Å². The number of aliphatic hydroxyl groups excluding tert-OH is 16. The second-order valence-corrected chi connectivity index (χ2v) is 21.8. The predicted octanol–water partition coefficient (Wildman–Crippen LogP) is -6.23. The summed E-state index contributed by atoms with van der Waals surface area (Å²) in [6.07, 6.45) is -48.5. The number of rotatable bonds is 26. The van der Waals surface area contributed by atoms with Crippen LogP contribution in [0.3, 0.4) is 0 Å². The first kappa shape index (κ1) is 67.5. The molecule has 6 saturated heterocycles. The Bertz CT molecular complexity index is 1830. The van der Waals surface area contributed by atoms with Crippen LogP contribution in [0.1, 0.15) is 98.8 Å². The number of unbranched alkanes of at least 4 members (excludes halogenated alkanes) is 4. The van der Waals surface area contributed by atoms with E-state index < -0.39 is 216 Å². The average Bonchev–Trinajstić information content (AvgIpc) is 3.41. The lowest BCUT2D eigenvalue weighted by molar-refractivity contribution is -0.414. The number of hydrogen-bond donors (Lipinski definition) is 17. The number of carbonyl (C=O) groups is 1. The van der Waals surface area contributed by atoms with Crippen LogP contribution >= 0.6 is 0 Å². The van der Waals surface area contributed by atoms with E-state index in [-0.39, 0.29) is 6.42 Å². The highest BCUT2D eigenvalue weighted by molar-refractivity contribution is 5.67. The summed E-state index contributed by atoms with van der Waals surface area (Å²) in [6.45, 7) is 5.62. The Morgan fingerprint density at radius 3 is 1.25 bits per heavy atom. The van der Waals surface area contributed by atoms with Crippen molar-refractivity contribution in [1.82, 2.24) is 0 Å². The van der Waals surface area contributed by atoms with Gasteiger partial charge in [0.15, 0.2) is 37.7 Å². The van der Waals surface area contributed by atoms with E-state index in [1.807, 2.05) is 6.92 Å². The second kappa shape index (κ2) is 30.6. The highest BCUT2D eigenvalue weighted by Gasteiger charge is 2.58. The van der Waals surface area contributed by atoms with Crippen LogP contribution in [0.5, 0.6) is 0 Å². The number of hydrogen-bond acceptors (Lipinski definition) is 29. The van der Waals surface area contributed by atoms with E-state index in [2.05, 4.69) is 0 Å². The van der Waals surface area contributed by atoms with Crippen molar-refractivity contribution in [1.29, 1.82) is 0 Å². The topological polar surface area (TPSA) is 472 Å². The molecule has 6 fully saturated rings. The summed E-state index contributed by atoms with van der Waals surface area (Å²) in [6, 6.07) is 0. The summed E-state index contributed by atoms with van der Waals surface area (Å²) in [4.78, 5) is 10.9. The van der Waals surface area contributed by atoms with Gasteiger partial charge in [-0.25, -0.2) is 0 Å². The summed E-state index contributed by atoms with van der Waals surface area (Å²) in [7, 11) is 0. The molecule has 0 aromatic carbocycles. The molecule has 0 amide bonds. The molecule has 6 aliphatic heterocycles. The van der Waals surface area contributed by atoms with Crippen LogP contribution in [0.15, 0.2) is 0 Å². The van der Waals surface area contributed by atoms with Crippen LogP contribution in [0.4, 0.5) is 0 Å². The maximum absolute atomic E-state index is 12.4. The Labute approximate surface area is 462 Å². The van der Waals surface area contributed by atoms with Crippen molar-refractivity contribution in [3.63, 3.8) is 0 Å². The monoisotopic (exact) mass is 1170 g/mol. The highest BCUT2D eigenvalue weighted by Crippen LogP contribution is 2.39. The van der Waals surface area contributed by atoms with Gasteiger partial charge in [-0.3, -0.25) is 4.79 Å². The van der Waals surface area contributed by atoms with E-state index in [1.54, 1.807) is 0 Å². The third-order valence-corrected chi connectivity index (χ3v) is 15.7. The first-order valence-electron chi connectivity index (χ1n) is 27.7. The number of carboxylic acids is 1. The Kier molecular flexibility index (Phi) is 25.8. The van der Waals surface area contributed by atoms with Crippen LogP contribution in [0, 0.1) is 0 Å². The molecule has 30 heteroatoms. The zero-order valence-electron chi connectivity index (χ0n) is 45.4. The van der Waals surface area contributed by atoms with Gasteiger partial charge >= 0.3 is 5.97 Å². The fourth-order valence-corrected chi connectivity index (χ4v) is 10.7. The molecule has 468 valence electrons. The van der Waals surface area contributed by atoms with Gasteiger partial charge in [0.25, 0.3) is 0 Å². The Hall–Kier alpha value is -1.65. The van der Waals surface area contributed by atoms with Crippen LogP contribution in [-0.2, 0) is 61.6 Å². The number of aliphatic carboxylic acids is 1.